The smallest absolute Gasteiger partial charge is 0.123 e. The van der Waals surface area contributed by atoms with E-state index >= 15 is 0 Å². The number of aliphatic hydroxyl groups excluding tert-OH is 1. The van der Waals surface area contributed by atoms with Crippen molar-refractivity contribution in [2.24, 2.45) is 0 Å². The average Bonchev–Trinajstić information content (AvgIpc) is 2.61. The number of hydrogen-bond acceptors (Lipinski definition) is 2. The van der Waals surface area contributed by atoms with Crippen molar-refractivity contribution in [3.05, 3.63) is 29.8 Å². The summed E-state index contributed by atoms with van der Waals surface area (Å²) in [4.78, 5) is 0. The van der Waals surface area contributed by atoms with Crippen molar-refractivity contribution in [1.82, 2.24) is 0 Å². The molecule has 76 valence electrons. The molecule has 1 unspecified atom stereocenters. The van der Waals surface area contributed by atoms with Crippen molar-refractivity contribution in [3.63, 3.8) is 0 Å². The Balaban J connectivity index is 2.17. The lowest BCUT2D eigenvalue weighted by Crippen LogP contribution is -2.19. The predicted molar refractivity (Wildman–Crippen MR) is 55.6 cm³/mol. The van der Waals surface area contributed by atoms with Crippen molar-refractivity contribution in [2.45, 2.75) is 31.8 Å². The second-order valence-corrected chi connectivity index (χ2v) is 3.81. The largest absolute Gasteiger partial charge is 0.493 e. The summed E-state index contributed by atoms with van der Waals surface area (Å²) >= 11 is 0. The Morgan fingerprint density at radius 1 is 1.50 bits per heavy atom. The van der Waals surface area contributed by atoms with Crippen LogP contribution < -0.4 is 4.74 Å². The summed E-state index contributed by atoms with van der Waals surface area (Å²) in [6, 6.07) is 7.98. The van der Waals surface area contributed by atoms with E-state index in [1.165, 1.54) is 0 Å². The van der Waals surface area contributed by atoms with E-state index in [-0.39, 0.29) is 12.0 Å². The topological polar surface area (TPSA) is 29.5 Å². The van der Waals surface area contributed by atoms with Crippen LogP contribution in [0.1, 0.15) is 31.2 Å². The Labute approximate surface area is 84.5 Å². The van der Waals surface area contributed by atoms with Crippen molar-refractivity contribution in [1.29, 1.82) is 0 Å². The Kier molecular flexibility index (Phi) is 2.73. The molecule has 14 heavy (non-hydrogen) atoms. The first-order chi connectivity index (χ1) is 6.83. The van der Waals surface area contributed by atoms with Crippen LogP contribution in [0.3, 0.4) is 0 Å². The van der Waals surface area contributed by atoms with E-state index < -0.39 is 0 Å². The molecular formula is C12H16O2. The molecule has 0 bridgehead atoms. The van der Waals surface area contributed by atoms with Crippen LogP contribution in [0.25, 0.3) is 0 Å². The van der Waals surface area contributed by atoms with Gasteiger partial charge in [0, 0.05) is 11.5 Å². The Morgan fingerprint density at radius 3 is 3.07 bits per heavy atom. The molecule has 0 fully saturated rings. The Morgan fingerprint density at radius 2 is 2.29 bits per heavy atom. The zero-order valence-corrected chi connectivity index (χ0v) is 8.44. The van der Waals surface area contributed by atoms with Gasteiger partial charge in [0.05, 0.1) is 12.7 Å². The molecule has 1 N–H and O–H groups in total. The third kappa shape index (κ3) is 1.62. The number of benzene rings is 1. The minimum atomic E-state index is -0.261. The summed E-state index contributed by atoms with van der Waals surface area (Å²) in [5.41, 5.74) is 1.16. The number of hydrogen-bond donors (Lipinski definition) is 1. The van der Waals surface area contributed by atoms with Crippen LogP contribution in [0, 0.1) is 0 Å². The van der Waals surface area contributed by atoms with E-state index in [2.05, 4.69) is 6.92 Å². The van der Waals surface area contributed by atoms with E-state index in [4.69, 9.17) is 4.74 Å². The molecule has 1 aromatic rings. The zero-order chi connectivity index (χ0) is 9.97. The molecule has 0 aromatic heterocycles. The molecular weight excluding hydrogens is 176 g/mol. The molecule has 0 amide bonds. The van der Waals surface area contributed by atoms with E-state index in [1.54, 1.807) is 0 Å². The van der Waals surface area contributed by atoms with Gasteiger partial charge in [0.1, 0.15) is 5.75 Å². The van der Waals surface area contributed by atoms with Crippen LogP contribution in [-0.4, -0.2) is 17.8 Å². The lowest BCUT2D eigenvalue weighted by molar-refractivity contribution is 0.119. The number of rotatable bonds is 3. The highest BCUT2D eigenvalue weighted by molar-refractivity contribution is 5.40. The first-order valence-electron chi connectivity index (χ1n) is 5.22. The van der Waals surface area contributed by atoms with Gasteiger partial charge in [-0.2, -0.15) is 0 Å². The molecule has 0 saturated heterocycles. The van der Waals surface area contributed by atoms with Crippen molar-refractivity contribution in [2.75, 3.05) is 6.61 Å². The van der Waals surface area contributed by atoms with Gasteiger partial charge in [-0.05, 0) is 12.5 Å². The summed E-state index contributed by atoms with van der Waals surface area (Å²) in [6.07, 6.45) is 1.60. The van der Waals surface area contributed by atoms with Crippen molar-refractivity contribution >= 4 is 0 Å². The van der Waals surface area contributed by atoms with Crippen LogP contribution in [0.15, 0.2) is 24.3 Å². The molecule has 0 radical (unpaired) electrons. The predicted octanol–water partition coefficient (Wildman–Crippen LogP) is 2.32. The fourth-order valence-electron chi connectivity index (χ4n) is 2.00. The third-order valence-electron chi connectivity index (χ3n) is 2.79. The number of fused-ring (bicyclic) bond motifs is 1. The van der Waals surface area contributed by atoms with Crippen molar-refractivity contribution in [3.8, 4) is 5.75 Å². The minimum absolute atomic E-state index is 0.172. The van der Waals surface area contributed by atoms with Crippen LogP contribution >= 0.6 is 0 Å². The molecule has 0 spiro atoms. The lowest BCUT2D eigenvalue weighted by Gasteiger charge is -2.15. The molecule has 0 saturated carbocycles. The maximum absolute atomic E-state index is 9.92. The van der Waals surface area contributed by atoms with Gasteiger partial charge in [0.25, 0.3) is 0 Å². The van der Waals surface area contributed by atoms with Crippen molar-refractivity contribution < 1.29 is 9.84 Å². The standard InChI is InChI=1S/C12H16O2/c1-2-5-11(13)10-8-14-12-7-4-3-6-9(10)12/h3-4,6-7,10-11,13H,2,5,8H2,1H3/t10?,11-/m0/s1. The van der Waals surface area contributed by atoms with E-state index in [0.717, 1.165) is 24.2 Å². The minimum Gasteiger partial charge on any atom is -0.493 e. The van der Waals surface area contributed by atoms with Crippen LogP contribution in [0.4, 0.5) is 0 Å². The molecule has 1 aliphatic rings. The molecule has 2 rings (SSSR count). The average molecular weight is 192 g/mol. The lowest BCUT2D eigenvalue weighted by atomic mass is 9.93. The third-order valence-corrected chi connectivity index (χ3v) is 2.79. The number of para-hydroxylation sites is 1. The normalized spacial score (nSPS) is 21.4. The summed E-state index contributed by atoms with van der Waals surface area (Å²) in [6.45, 7) is 2.71. The fourth-order valence-corrected chi connectivity index (χ4v) is 2.00. The molecule has 1 heterocycles. The van der Waals surface area contributed by atoms with E-state index in [9.17, 15) is 5.11 Å². The number of ether oxygens (including phenoxy) is 1. The van der Waals surface area contributed by atoms with Gasteiger partial charge in [0.2, 0.25) is 0 Å². The monoisotopic (exact) mass is 192 g/mol. The quantitative estimate of drug-likeness (QED) is 0.796. The van der Waals surface area contributed by atoms with Gasteiger partial charge in [-0.25, -0.2) is 0 Å². The number of aliphatic hydroxyl groups is 1. The summed E-state index contributed by atoms with van der Waals surface area (Å²) in [5.74, 6) is 1.11. The fraction of sp³-hybridized carbons (Fsp3) is 0.500. The van der Waals surface area contributed by atoms with Gasteiger partial charge < -0.3 is 9.84 Å². The Hall–Kier alpha value is -1.02. The second-order valence-electron chi connectivity index (χ2n) is 3.81. The van der Waals surface area contributed by atoms with Crippen LogP contribution in [0.5, 0.6) is 5.75 Å². The summed E-state index contributed by atoms with van der Waals surface area (Å²) < 4.78 is 5.52. The van der Waals surface area contributed by atoms with Gasteiger partial charge in [-0.15, -0.1) is 0 Å². The van der Waals surface area contributed by atoms with Gasteiger partial charge in [0.15, 0.2) is 0 Å². The van der Waals surface area contributed by atoms with Gasteiger partial charge >= 0.3 is 0 Å². The molecule has 1 aromatic carbocycles. The first-order valence-corrected chi connectivity index (χ1v) is 5.22. The molecule has 0 aliphatic carbocycles. The van der Waals surface area contributed by atoms with Gasteiger partial charge in [-0.3, -0.25) is 0 Å². The summed E-state index contributed by atoms with van der Waals surface area (Å²) in [5, 5.41) is 9.92. The zero-order valence-electron chi connectivity index (χ0n) is 8.44. The maximum atomic E-state index is 9.92. The highest BCUT2D eigenvalue weighted by atomic mass is 16.5. The van der Waals surface area contributed by atoms with E-state index in [1.807, 2.05) is 24.3 Å². The maximum Gasteiger partial charge on any atom is 0.123 e. The Bertz CT molecular complexity index is 309. The van der Waals surface area contributed by atoms with Crippen LogP contribution in [0.2, 0.25) is 0 Å². The summed E-state index contributed by atoms with van der Waals surface area (Å²) in [7, 11) is 0. The van der Waals surface area contributed by atoms with Crippen LogP contribution in [-0.2, 0) is 0 Å². The molecule has 2 atom stereocenters. The SMILES string of the molecule is CCC[C@H](O)C1COc2ccccc21. The van der Waals surface area contributed by atoms with Gasteiger partial charge in [-0.1, -0.05) is 31.5 Å². The highest BCUT2D eigenvalue weighted by Gasteiger charge is 2.29. The van der Waals surface area contributed by atoms with E-state index in [0.29, 0.717) is 6.61 Å². The molecule has 1 aliphatic heterocycles. The second kappa shape index (κ2) is 4.01. The highest BCUT2D eigenvalue weighted by Crippen LogP contribution is 2.36. The first kappa shape index (κ1) is 9.53. The molecule has 2 nitrogen and oxygen atoms in total. The molecule has 2 heteroatoms.